The van der Waals surface area contributed by atoms with E-state index in [0.717, 1.165) is 16.1 Å². The molecule has 0 N–H and O–H groups in total. The van der Waals surface area contributed by atoms with Crippen molar-refractivity contribution in [1.29, 1.82) is 0 Å². The van der Waals surface area contributed by atoms with Crippen molar-refractivity contribution in [3.63, 3.8) is 0 Å². The fourth-order valence-electron chi connectivity index (χ4n) is 3.55. The number of benzene rings is 2. The van der Waals surface area contributed by atoms with Crippen LogP contribution < -0.4 is 9.64 Å². The minimum Gasteiger partial charge on any atom is -0.495 e. The number of hydrogen-bond donors (Lipinski definition) is 0. The predicted molar refractivity (Wildman–Crippen MR) is 133 cm³/mol. The highest BCUT2D eigenvalue weighted by Crippen LogP contribution is 2.34. The smallest absolute Gasteiger partial charge is 0.178 e. The number of hydrogen-bond acceptors (Lipinski definition) is 7. The molecule has 0 atom stereocenters. The minimum absolute atomic E-state index is 0.0886. The fourth-order valence-corrected chi connectivity index (χ4v) is 5.52. The fraction of sp³-hybridized carbons (Fsp3) is 0.250. The van der Waals surface area contributed by atoms with Crippen LogP contribution in [0.15, 0.2) is 60.0 Å². The predicted octanol–water partition coefficient (Wildman–Crippen LogP) is 4.37. The Morgan fingerprint density at radius 2 is 1.85 bits per heavy atom. The van der Waals surface area contributed by atoms with Crippen LogP contribution in [0.25, 0.3) is 16.4 Å². The molecule has 0 aliphatic rings. The van der Waals surface area contributed by atoms with Crippen LogP contribution in [0.1, 0.15) is 11.4 Å². The Balaban J connectivity index is 1.73. The number of halogens is 1. The molecular weight excluding hydrogens is 475 g/mol. The summed E-state index contributed by atoms with van der Waals surface area (Å²) in [6.45, 7) is 0. The molecule has 4 aromatic rings. The van der Waals surface area contributed by atoms with Crippen molar-refractivity contribution >= 4 is 26.9 Å². The van der Waals surface area contributed by atoms with Crippen LogP contribution in [0.2, 0.25) is 0 Å². The number of aromatic nitrogens is 3. The van der Waals surface area contributed by atoms with Gasteiger partial charge in [0.05, 0.1) is 23.4 Å². The summed E-state index contributed by atoms with van der Waals surface area (Å²) in [5.74, 6) is 0.698. The van der Waals surface area contributed by atoms with E-state index in [2.05, 4.69) is 10.2 Å². The highest BCUT2D eigenvalue weighted by molar-refractivity contribution is 7.90. The number of rotatable bonds is 9. The summed E-state index contributed by atoms with van der Waals surface area (Å²) in [5, 5.41) is 10.5. The van der Waals surface area contributed by atoms with Crippen molar-refractivity contribution in [3.8, 4) is 22.1 Å². The molecule has 0 aliphatic carbocycles. The Labute approximate surface area is 202 Å². The zero-order valence-corrected chi connectivity index (χ0v) is 20.7. The van der Waals surface area contributed by atoms with Gasteiger partial charge in [-0.3, -0.25) is 4.57 Å². The Morgan fingerprint density at radius 1 is 1.09 bits per heavy atom. The molecule has 178 valence electrons. The van der Waals surface area contributed by atoms with Crippen LogP contribution in [-0.2, 0) is 22.0 Å². The average Bonchev–Trinajstić information content (AvgIpc) is 3.48. The molecule has 2 heterocycles. The van der Waals surface area contributed by atoms with Gasteiger partial charge in [0.15, 0.2) is 21.5 Å². The van der Waals surface area contributed by atoms with Gasteiger partial charge in [-0.1, -0.05) is 18.2 Å². The summed E-state index contributed by atoms with van der Waals surface area (Å²) in [6, 6.07) is 15.4. The lowest BCUT2D eigenvalue weighted by atomic mass is 10.2. The normalized spacial score (nSPS) is 11.5. The van der Waals surface area contributed by atoms with E-state index in [4.69, 9.17) is 4.74 Å². The molecule has 0 spiro atoms. The van der Waals surface area contributed by atoms with Crippen LogP contribution in [0.4, 0.5) is 10.1 Å². The SMILES string of the molecule is COc1ccc(N(C)C)cc1-n1c(CS(=O)(=O)CCc2ccc(F)cc2)nnc1-c1cccs1. The largest absolute Gasteiger partial charge is 0.495 e. The summed E-state index contributed by atoms with van der Waals surface area (Å²) < 4.78 is 46.6. The lowest BCUT2D eigenvalue weighted by Gasteiger charge is -2.18. The monoisotopic (exact) mass is 500 g/mol. The summed E-state index contributed by atoms with van der Waals surface area (Å²) in [5.41, 5.74) is 2.34. The van der Waals surface area contributed by atoms with Crippen molar-refractivity contribution in [2.24, 2.45) is 0 Å². The number of thiophene rings is 1. The average molecular weight is 501 g/mol. The maximum Gasteiger partial charge on any atom is 0.178 e. The van der Waals surface area contributed by atoms with E-state index >= 15 is 0 Å². The Hall–Kier alpha value is -3.24. The first-order chi connectivity index (χ1) is 16.3. The van der Waals surface area contributed by atoms with Gasteiger partial charge in [-0.25, -0.2) is 12.8 Å². The second-order valence-electron chi connectivity index (χ2n) is 7.97. The van der Waals surface area contributed by atoms with Crippen LogP contribution in [0.3, 0.4) is 0 Å². The number of nitrogens with zero attached hydrogens (tertiary/aromatic N) is 4. The molecule has 0 saturated carbocycles. The first-order valence-corrected chi connectivity index (χ1v) is 13.3. The topological polar surface area (TPSA) is 77.3 Å². The second-order valence-corrected chi connectivity index (χ2v) is 11.1. The van der Waals surface area contributed by atoms with Gasteiger partial charge in [0.2, 0.25) is 0 Å². The van der Waals surface area contributed by atoms with Crippen molar-refractivity contribution in [2.75, 3.05) is 31.9 Å². The van der Waals surface area contributed by atoms with Gasteiger partial charge in [0.25, 0.3) is 0 Å². The van der Waals surface area contributed by atoms with E-state index in [1.54, 1.807) is 23.8 Å². The van der Waals surface area contributed by atoms with Crippen molar-refractivity contribution in [3.05, 3.63) is 77.2 Å². The zero-order chi connectivity index (χ0) is 24.3. The molecule has 0 fully saturated rings. The van der Waals surface area contributed by atoms with Gasteiger partial charge in [0, 0.05) is 19.8 Å². The van der Waals surface area contributed by atoms with E-state index < -0.39 is 9.84 Å². The van der Waals surface area contributed by atoms with Crippen LogP contribution in [0.5, 0.6) is 5.75 Å². The van der Waals surface area contributed by atoms with Crippen molar-refractivity contribution < 1.29 is 17.5 Å². The summed E-state index contributed by atoms with van der Waals surface area (Å²) in [7, 11) is 1.89. The number of anilines is 1. The molecule has 10 heteroatoms. The molecule has 4 rings (SSSR count). The van der Waals surface area contributed by atoms with Gasteiger partial charge >= 0.3 is 0 Å². The van der Waals surface area contributed by atoms with Gasteiger partial charge in [0.1, 0.15) is 17.3 Å². The number of ether oxygens (including phenoxy) is 1. The number of sulfone groups is 1. The molecular formula is C24H25FN4O3S2. The highest BCUT2D eigenvalue weighted by Gasteiger charge is 2.24. The molecule has 2 aromatic heterocycles. The van der Waals surface area contributed by atoms with Gasteiger partial charge < -0.3 is 9.64 Å². The first-order valence-electron chi connectivity index (χ1n) is 10.6. The summed E-state index contributed by atoms with van der Waals surface area (Å²) >= 11 is 1.49. The summed E-state index contributed by atoms with van der Waals surface area (Å²) in [6.07, 6.45) is 0.286. The maximum atomic E-state index is 13.2. The third-order valence-electron chi connectivity index (χ3n) is 5.36. The molecule has 2 aromatic carbocycles. The lowest BCUT2D eigenvalue weighted by Crippen LogP contribution is -2.16. The molecule has 0 radical (unpaired) electrons. The second kappa shape index (κ2) is 9.94. The number of aryl methyl sites for hydroxylation is 1. The van der Waals surface area contributed by atoms with Gasteiger partial charge in [-0.15, -0.1) is 21.5 Å². The Kier molecular flexibility index (Phi) is 6.99. The molecule has 0 unspecified atom stereocenters. The Bertz CT molecular complexity index is 1370. The zero-order valence-electron chi connectivity index (χ0n) is 19.1. The van der Waals surface area contributed by atoms with Crippen LogP contribution >= 0.6 is 11.3 Å². The van der Waals surface area contributed by atoms with E-state index in [0.29, 0.717) is 23.1 Å². The third kappa shape index (κ3) is 5.28. The van der Waals surface area contributed by atoms with Crippen LogP contribution in [-0.4, -0.2) is 50.1 Å². The Morgan fingerprint density at radius 3 is 2.50 bits per heavy atom. The minimum atomic E-state index is -3.54. The van der Waals surface area contributed by atoms with E-state index in [1.807, 2.05) is 54.7 Å². The molecule has 34 heavy (non-hydrogen) atoms. The van der Waals surface area contributed by atoms with E-state index in [1.165, 1.54) is 23.5 Å². The van der Waals surface area contributed by atoms with Crippen molar-refractivity contribution in [1.82, 2.24) is 14.8 Å². The highest BCUT2D eigenvalue weighted by atomic mass is 32.2. The molecule has 7 nitrogen and oxygen atoms in total. The lowest BCUT2D eigenvalue weighted by molar-refractivity contribution is 0.412. The van der Waals surface area contributed by atoms with E-state index in [-0.39, 0.29) is 23.7 Å². The van der Waals surface area contributed by atoms with Gasteiger partial charge in [-0.05, 0) is 53.8 Å². The first kappa shape index (κ1) is 23.9. The molecule has 0 saturated heterocycles. The summed E-state index contributed by atoms with van der Waals surface area (Å²) in [4.78, 5) is 2.82. The number of methoxy groups -OCH3 is 1. The molecule has 0 aliphatic heterocycles. The van der Waals surface area contributed by atoms with Crippen LogP contribution in [0, 0.1) is 5.82 Å². The van der Waals surface area contributed by atoms with Gasteiger partial charge in [-0.2, -0.15) is 0 Å². The standard InChI is InChI=1S/C24H25FN4O3S2/c1-28(2)19-10-11-21(32-3)20(15-19)29-23(26-27-24(29)22-5-4-13-33-22)16-34(30,31)14-12-17-6-8-18(25)9-7-17/h4-11,13,15H,12,14,16H2,1-3H3. The third-order valence-corrected chi connectivity index (χ3v) is 7.75. The quantitative estimate of drug-likeness (QED) is 0.340. The molecule has 0 amide bonds. The molecule has 0 bridgehead atoms. The maximum absolute atomic E-state index is 13.2. The van der Waals surface area contributed by atoms with Crippen molar-refractivity contribution in [2.45, 2.75) is 12.2 Å². The van der Waals surface area contributed by atoms with E-state index in [9.17, 15) is 12.8 Å².